The third-order valence-electron chi connectivity index (χ3n) is 4.66. The number of aromatic amines is 1. The zero-order valence-electron chi connectivity index (χ0n) is 17.5. The average molecular weight is 431 g/mol. The Balaban J connectivity index is 2.12. The van der Waals surface area contributed by atoms with Crippen molar-refractivity contribution in [2.75, 3.05) is 0 Å². The maximum atomic E-state index is 12.9. The topological polar surface area (TPSA) is 170 Å². The number of carboxylic acid groups (broad SMARTS) is 1. The maximum Gasteiger partial charge on any atom is 0.326 e. The van der Waals surface area contributed by atoms with E-state index in [-0.39, 0.29) is 24.5 Å². The maximum absolute atomic E-state index is 12.9. The Morgan fingerprint density at radius 3 is 2.26 bits per heavy atom. The molecule has 0 spiro atoms. The minimum Gasteiger partial charge on any atom is -0.508 e. The molecule has 0 aliphatic carbocycles. The number of aromatic hydroxyl groups is 1. The summed E-state index contributed by atoms with van der Waals surface area (Å²) in [5.74, 6) is -2.10. The number of phenols is 1. The normalized spacial score (nSPS) is 13.9. The van der Waals surface area contributed by atoms with Crippen molar-refractivity contribution in [2.24, 2.45) is 11.7 Å². The van der Waals surface area contributed by atoms with Gasteiger partial charge in [-0.2, -0.15) is 0 Å². The molecule has 2 aromatic rings. The number of phenolic OH excluding ortho intramolecular Hbond substituents is 1. The van der Waals surface area contributed by atoms with Gasteiger partial charge in [0.1, 0.15) is 17.8 Å². The molecular formula is C21H29N5O5. The standard InChI is InChI=1S/C21H29N5O5/c1-12(2)7-16(22)19(28)25-17(9-14-10-23-11-24-14)20(29)26-18(21(30)31)8-13-3-5-15(27)6-4-13/h3-6,10-12,16-18,27H,7-9,22H2,1-2H3,(H,23,24)(H,25,28)(H,26,29)(H,30,31). The van der Waals surface area contributed by atoms with Crippen molar-refractivity contribution in [2.45, 2.75) is 51.2 Å². The highest BCUT2D eigenvalue weighted by atomic mass is 16.4. The molecule has 10 nitrogen and oxygen atoms in total. The Labute approximate surface area is 180 Å². The van der Waals surface area contributed by atoms with Crippen LogP contribution >= 0.6 is 0 Å². The van der Waals surface area contributed by atoms with Crippen molar-refractivity contribution in [3.8, 4) is 5.75 Å². The van der Waals surface area contributed by atoms with Crippen LogP contribution in [0.1, 0.15) is 31.5 Å². The summed E-state index contributed by atoms with van der Waals surface area (Å²) in [6.07, 6.45) is 3.52. The second-order valence-corrected chi connectivity index (χ2v) is 7.85. The van der Waals surface area contributed by atoms with Crippen LogP contribution in [0.3, 0.4) is 0 Å². The van der Waals surface area contributed by atoms with Crippen molar-refractivity contribution in [3.63, 3.8) is 0 Å². The molecule has 0 saturated heterocycles. The highest BCUT2D eigenvalue weighted by Crippen LogP contribution is 2.12. The molecule has 10 heteroatoms. The van der Waals surface area contributed by atoms with Gasteiger partial charge in [0.2, 0.25) is 11.8 Å². The van der Waals surface area contributed by atoms with Crippen LogP contribution in [0.15, 0.2) is 36.8 Å². The molecule has 3 unspecified atom stereocenters. The smallest absolute Gasteiger partial charge is 0.326 e. The number of aromatic nitrogens is 2. The fourth-order valence-corrected chi connectivity index (χ4v) is 3.06. The van der Waals surface area contributed by atoms with Gasteiger partial charge in [-0.3, -0.25) is 9.59 Å². The monoisotopic (exact) mass is 431 g/mol. The Morgan fingerprint density at radius 1 is 1.06 bits per heavy atom. The van der Waals surface area contributed by atoms with E-state index in [4.69, 9.17) is 5.73 Å². The number of imidazole rings is 1. The van der Waals surface area contributed by atoms with Crippen LogP contribution in [0.5, 0.6) is 5.75 Å². The van der Waals surface area contributed by atoms with E-state index < -0.39 is 35.9 Å². The number of rotatable bonds is 11. The number of carbonyl (C=O) groups is 3. The van der Waals surface area contributed by atoms with Crippen molar-refractivity contribution in [1.82, 2.24) is 20.6 Å². The molecule has 0 aliphatic rings. The zero-order valence-corrected chi connectivity index (χ0v) is 17.5. The number of carbonyl (C=O) groups excluding carboxylic acids is 2. The van der Waals surface area contributed by atoms with Crippen molar-refractivity contribution in [3.05, 3.63) is 48.0 Å². The van der Waals surface area contributed by atoms with Gasteiger partial charge in [0.25, 0.3) is 0 Å². The molecule has 0 bridgehead atoms. The lowest BCUT2D eigenvalue weighted by molar-refractivity contribution is -0.142. The number of H-pyrrole nitrogens is 1. The van der Waals surface area contributed by atoms with Crippen LogP contribution in [-0.2, 0) is 27.2 Å². The van der Waals surface area contributed by atoms with Gasteiger partial charge in [0.15, 0.2) is 0 Å². The number of aliphatic carboxylic acids is 1. The summed E-state index contributed by atoms with van der Waals surface area (Å²) in [6, 6.07) is 2.99. The lowest BCUT2D eigenvalue weighted by Crippen LogP contribution is -2.55. The Morgan fingerprint density at radius 2 is 1.71 bits per heavy atom. The van der Waals surface area contributed by atoms with E-state index in [1.807, 2.05) is 13.8 Å². The number of carboxylic acids is 1. The number of nitrogens with one attached hydrogen (secondary N) is 3. The summed E-state index contributed by atoms with van der Waals surface area (Å²) in [4.78, 5) is 43.9. The van der Waals surface area contributed by atoms with E-state index in [0.29, 0.717) is 17.7 Å². The number of hydrogen-bond donors (Lipinski definition) is 6. The van der Waals surface area contributed by atoms with Gasteiger partial charge in [0.05, 0.1) is 12.4 Å². The van der Waals surface area contributed by atoms with E-state index in [9.17, 15) is 24.6 Å². The third kappa shape index (κ3) is 7.74. The molecular weight excluding hydrogens is 402 g/mol. The summed E-state index contributed by atoms with van der Waals surface area (Å²) in [5.41, 5.74) is 7.15. The van der Waals surface area contributed by atoms with E-state index >= 15 is 0 Å². The molecule has 168 valence electrons. The molecule has 0 fully saturated rings. The van der Waals surface area contributed by atoms with Crippen molar-refractivity contribution < 1.29 is 24.6 Å². The van der Waals surface area contributed by atoms with Gasteiger partial charge in [-0.1, -0.05) is 26.0 Å². The van der Waals surface area contributed by atoms with Gasteiger partial charge in [0, 0.05) is 24.7 Å². The first-order chi connectivity index (χ1) is 14.7. The molecule has 2 rings (SSSR count). The number of benzene rings is 1. The summed E-state index contributed by atoms with van der Waals surface area (Å²) in [6.45, 7) is 3.87. The summed E-state index contributed by atoms with van der Waals surface area (Å²) in [7, 11) is 0. The minimum absolute atomic E-state index is 0.0128. The van der Waals surface area contributed by atoms with Crippen LogP contribution < -0.4 is 16.4 Å². The second-order valence-electron chi connectivity index (χ2n) is 7.85. The lowest BCUT2D eigenvalue weighted by atomic mass is 10.0. The van der Waals surface area contributed by atoms with Crippen LogP contribution in [-0.4, -0.2) is 56.1 Å². The van der Waals surface area contributed by atoms with Crippen LogP contribution in [0.25, 0.3) is 0 Å². The van der Waals surface area contributed by atoms with Gasteiger partial charge < -0.3 is 31.6 Å². The van der Waals surface area contributed by atoms with E-state index in [2.05, 4.69) is 20.6 Å². The molecule has 0 radical (unpaired) electrons. The lowest BCUT2D eigenvalue weighted by Gasteiger charge is -2.23. The molecule has 31 heavy (non-hydrogen) atoms. The SMILES string of the molecule is CC(C)CC(N)C(=O)NC(Cc1cnc[nH]1)C(=O)NC(Cc1ccc(O)cc1)C(=O)O. The highest BCUT2D eigenvalue weighted by molar-refractivity contribution is 5.92. The third-order valence-corrected chi connectivity index (χ3v) is 4.66. The van der Waals surface area contributed by atoms with Gasteiger partial charge in [-0.05, 0) is 30.0 Å². The number of nitrogens with zero attached hydrogens (tertiary/aromatic N) is 1. The van der Waals surface area contributed by atoms with Crippen molar-refractivity contribution in [1.29, 1.82) is 0 Å². The van der Waals surface area contributed by atoms with Crippen LogP contribution in [0.2, 0.25) is 0 Å². The first-order valence-corrected chi connectivity index (χ1v) is 10.00. The molecule has 1 aromatic heterocycles. The first kappa shape index (κ1) is 23.9. The second kappa shape index (κ2) is 11.1. The van der Waals surface area contributed by atoms with Crippen LogP contribution in [0.4, 0.5) is 0 Å². The Bertz CT molecular complexity index is 867. The molecule has 0 aliphatic heterocycles. The number of hydrogen-bond acceptors (Lipinski definition) is 6. The predicted octanol–water partition coefficient (Wildman–Crippen LogP) is 0.328. The van der Waals surface area contributed by atoms with E-state index in [0.717, 1.165) is 0 Å². The summed E-state index contributed by atoms with van der Waals surface area (Å²) >= 11 is 0. The molecule has 1 aromatic carbocycles. The zero-order chi connectivity index (χ0) is 23.0. The fraction of sp³-hybridized carbons (Fsp3) is 0.429. The quantitative estimate of drug-likeness (QED) is 0.298. The van der Waals surface area contributed by atoms with Gasteiger partial charge >= 0.3 is 5.97 Å². The molecule has 7 N–H and O–H groups in total. The largest absolute Gasteiger partial charge is 0.508 e. The Hall–Kier alpha value is -3.40. The van der Waals surface area contributed by atoms with Gasteiger partial charge in [-0.25, -0.2) is 9.78 Å². The van der Waals surface area contributed by atoms with E-state index in [1.54, 1.807) is 12.1 Å². The number of nitrogens with two attached hydrogens (primary N) is 1. The van der Waals surface area contributed by atoms with E-state index in [1.165, 1.54) is 24.7 Å². The minimum atomic E-state index is -1.22. The first-order valence-electron chi connectivity index (χ1n) is 10.00. The molecule has 3 atom stereocenters. The van der Waals surface area contributed by atoms with Gasteiger partial charge in [-0.15, -0.1) is 0 Å². The van der Waals surface area contributed by atoms with Crippen molar-refractivity contribution >= 4 is 17.8 Å². The molecule has 2 amide bonds. The molecule has 1 heterocycles. The summed E-state index contributed by atoms with van der Waals surface area (Å²) < 4.78 is 0. The average Bonchev–Trinajstić information content (AvgIpc) is 3.21. The summed E-state index contributed by atoms with van der Waals surface area (Å²) in [5, 5.41) is 24.0. The number of amides is 2. The molecule has 0 saturated carbocycles. The Kier molecular flexibility index (Phi) is 8.56. The predicted molar refractivity (Wildman–Crippen MR) is 113 cm³/mol. The van der Waals surface area contributed by atoms with Crippen LogP contribution in [0, 0.1) is 5.92 Å². The highest BCUT2D eigenvalue weighted by Gasteiger charge is 2.29. The fourth-order valence-electron chi connectivity index (χ4n) is 3.06.